The molecule has 4 rings (SSSR count). The molecule has 2 heterocycles. The minimum atomic E-state index is -0.387. The van der Waals surface area contributed by atoms with Crippen LogP contribution in [0.2, 0.25) is 0 Å². The minimum Gasteiger partial charge on any atom is -0.495 e. The van der Waals surface area contributed by atoms with E-state index < -0.39 is 0 Å². The monoisotopic (exact) mass is 369 g/mol. The Morgan fingerprint density at radius 3 is 2.81 bits per heavy atom. The third-order valence-electron chi connectivity index (χ3n) is 4.47. The van der Waals surface area contributed by atoms with Crippen LogP contribution in [0.15, 0.2) is 51.7 Å². The lowest BCUT2D eigenvalue weighted by Gasteiger charge is -2.18. The molecule has 8 nitrogen and oxygen atoms in total. The highest BCUT2D eigenvalue weighted by Crippen LogP contribution is 2.33. The fourth-order valence-corrected chi connectivity index (χ4v) is 3.16. The minimum absolute atomic E-state index is 0.357. The second-order valence-corrected chi connectivity index (χ2v) is 6.07. The van der Waals surface area contributed by atoms with Gasteiger partial charge in [0.25, 0.3) is 0 Å². The smallest absolute Gasteiger partial charge is 0.420 e. The predicted molar refractivity (Wildman–Crippen MR) is 101 cm³/mol. The van der Waals surface area contributed by atoms with E-state index in [1.54, 1.807) is 23.8 Å². The van der Waals surface area contributed by atoms with Gasteiger partial charge in [-0.15, -0.1) is 0 Å². The summed E-state index contributed by atoms with van der Waals surface area (Å²) in [6.45, 7) is 1.80. The number of oxazole rings is 1. The quantitative estimate of drug-likeness (QED) is 0.719. The summed E-state index contributed by atoms with van der Waals surface area (Å²) >= 11 is 0. The number of methoxy groups -OCH3 is 1. The van der Waals surface area contributed by atoms with Crippen LogP contribution in [0.4, 0.5) is 16.2 Å². The zero-order valence-electron chi connectivity index (χ0n) is 14.8. The van der Waals surface area contributed by atoms with E-state index in [0.717, 1.165) is 11.2 Å². The van der Waals surface area contributed by atoms with E-state index in [1.165, 1.54) is 4.90 Å². The molecule has 2 aromatic carbocycles. The third kappa shape index (κ3) is 3.21. The van der Waals surface area contributed by atoms with Crippen LogP contribution >= 0.6 is 0 Å². The summed E-state index contributed by atoms with van der Waals surface area (Å²) in [7, 11) is 1.56. The van der Waals surface area contributed by atoms with Gasteiger partial charge in [0.2, 0.25) is 0 Å². The summed E-state index contributed by atoms with van der Waals surface area (Å²) in [5, 5.41) is 3.27. The van der Waals surface area contributed by atoms with Gasteiger partial charge in [-0.25, -0.2) is 9.59 Å². The standard InChI is InChI=1S/C19H19N3O5/c1-25-16-7-6-13(12-15(16)22-10-11-26-18(22)23)20-8-9-21-14-4-2-3-5-17(14)27-19(21)24/h2-7,12,20H,8-11H2,1H3. The largest absolute Gasteiger partial charge is 0.495 e. The first-order valence-corrected chi connectivity index (χ1v) is 8.62. The molecule has 1 aromatic heterocycles. The van der Waals surface area contributed by atoms with Crippen molar-refractivity contribution in [2.75, 3.05) is 37.0 Å². The second-order valence-electron chi connectivity index (χ2n) is 6.07. The van der Waals surface area contributed by atoms with Crippen molar-refractivity contribution in [3.8, 4) is 5.75 Å². The van der Waals surface area contributed by atoms with Crippen LogP contribution in [0.1, 0.15) is 0 Å². The Hall–Kier alpha value is -3.42. The van der Waals surface area contributed by atoms with Crippen LogP contribution in [0, 0.1) is 0 Å². The highest BCUT2D eigenvalue weighted by atomic mass is 16.6. The number of aromatic nitrogens is 1. The molecule has 1 saturated heterocycles. The molecule has 8 heteroatoms. The topological polar surface area (TPSA) is 85.9 Å². The van der Waals surface area contributed by atoms with Gasteiger partial charge in [-0.05, 0) is 30.3 Å². The number of carbonyl (C=O) groups excluding carboxylic acids is 1. The summed E-state index contributed by atoms with van der Waals surface area (Å²) in [4.78, 5) is 25.4. The van der Waals surface area contributed by atoms with Crippen molar-refractivity contribution in [1.29, 1.82) is 0 Å². The molecule has 1 aliphatic heterocycles. The lowest BCUT2D eigenvalue weighted by molar-refractivity contribution is 0.181. The molecule has 0 atom stereocenters. The van der Waals surface area contributed by atoms with Gasteiger partial charge < -0.3 is 19.2 Å². The molecule has 27 heavy (non-hydrogen) atoms. The molecule has 0 spiro atoms. The van der Waals surface area contributed by atoms with Gasteiger partial charge in [0.1, 0.15) is 12.4 Å². The van der Waals surface area contributed by atoms with Crippen molar-refractivity contribution < 1.29 is 18.7 Å². The number of fused-ring (bicyclic) bond motifs is 1. The number of amides is 1. The lowest BCUT2D eigenvalue weighted by atomic mass is 10.2. The van der Waals surface area contributed by atoms with E-state index in [2.05, 4.69) is 5.32 Å². The average molecular weight is 369 g/mol. The van der Waals surface area contributed by atoms with Crippen molar-refractivity contribution in [1.82, 2.24) is 4.57 Å². The van der Waals surface area contributed by atoms with Gasteiger partial charge in [0.15, 0.2) is 5.58 Å². The number of benzene rings is 2. The Kier molecular flexibility index (Phi) is 4.45. The Balaban J connectivity index is 1.50. The van der Waals surface area contributed by atoms with Crippen LogP contribution < -0.4 is 20.7 Å². The first kappa shape index (κ1) is 17.0. The van der Waals surface area contributed by atoms with Crippen LogP contribution in [-0.2, 0) is 11.3 Å². The predicted octanol–water partition coefficient (Wildman–Crippen LogP) is 2.67. The molecule has 1 amide bonds. The van der Waals surface area contributed by atoms with Gasteiger partial charge in [0, 0.05) is 18.8 Å². The Labute approximate surface area is 154 Å². The number of nitrogens with one attached hydrogen (secondary N) is 1. The lowest BCUT2D eigenvalue weighted by Crippen LogP contribution is -2.24. The van der Waals surface area contributed by atoms with Gasteiger partial charge in [-0.2, -0.15) is 0 Å². The normalized spacial score (nSPS) is 13.8. The highest BCUT2D eigenvalue weighted by molar-refractivity contribution is 5.92. The maximum Gasteiger partial charge on any atom is 0.420 e. The van der Waals surface area contributed by atoms with Crippen molar-refractivity contribution in [3.05, 3.63) is 53.0 Å². The van der Waals surface area contributed by atoms with E-state index in [-0.39, 0.29) is 11.8 Å². The number of hydrogen-bond donors (Lipinski definition) is 1. The molecule has 0 saturated carbocycles. The van der Waals surface area contributed by atoms with E-state index >= 15 is 0 Å². The number of ether oxygens (including phenoxy) is 2. The third-order valence-corrected chi connectivity index (χ3v) is 4.47. The Morgan fingerprint density at radius 2 is 2.04 bits per heavy atom. The number of para-hydroxylation sites is 2. The van der Waals surface area contributed by atoms with E-state index in [1.807, 2.05) is 30.3 Å². The fourth-order valence-electron chi connectivity index (χ4n) is 3.16. The molecule has 0 bridgehead atoms. The average Bonchev–Trinajstić information content (AvgIpc) is 3.24. The van der Waals surface area contributed by atoms with Crippen molar-refractivity contribution >= 4 is 28.6 Å². The number of hydrogen-bond acceptors (Lipinski definition) is 6. The summed E-state index contributed by atoms with van der Waals surface area (Å²) in [5.74, 6) is 0.213. The van der Waals surface area contributed by atoms with Gasteiger partial charge in [0.05, 0.1) is 24.9 Å². The molecular weight excluding hydrogens is 350 g/mol. The van der Waals surface area contributed by atoms with E-state index in [0.29, 0.717) is 43.3 Å². The molecule has 3 aromatic rings. The van der Waals surface area contributed by atoms with Crippen molar-refractivity contribution in [2.45, 2.75) is 6.54 Å². The number of rotatable bonds is 6. The maximum atomic E-state index is 12.0. The van der Waals surface area contributed by atoms with Gasteiger partial charge in [-0.1, -0.05) is 12.1 Å². The Bertz CT molecular complexity index is 1040. The SMILES string of the molecule is COc1ccc(NCCn2c(=O)oc3ccccc32)cc1N1CCOC1=O. The number of anilines is 2. The first-order valence-electron chi connectivity index (χ1n) is 8.62. The fraction of sp³-hybridized carbons (Fsp3) is 0.263. The van der Waals surface area contributed by atoms with Gasteiger partial charge >= 0.3 is 11.8 Å². The first-order chi connectivity index (χ1) is 13.2. The Morgan fingerprint density at radius 1 is 1.19 bits per heavy atom. The number of cyclic esters (lactones) is 1. The van der Waals surface area contributed by atoms with Crippen molar-refractivity contribution in [3.63, 3.8) is 0 Å². The summed E-state index contributed by atoms with van der Waals surface area (Å²) in [6.07, 6.45) is -0.387. The molecule has 1 N–H and O–H groups in total. The molecule has 0 aliphatic carbocycles. The van der Waals surface area contributed by atoms with Crippen LogP contribution in [0.25, 0.3) is 11.1 Å². The molecule has 1 aliphatic rings. The molecule has 0 radical (unpaired) electrons. The van der Waals surface area contributed by atoms with Gasteiger partial charge in [-0.3, -0.25) is 9.47 Å². The van der Waals surface area contributed by atoms with E-state index in [9.17, 15) is 9.59 Å². The van der Waals surface area contributed by atoms with Crippen LogP contribution in [-0.4, -0.2) is 37.5 Å². The van der Waals surface area contributed by atoms with E-state index in [4.69, 9.17) is 13.9 Å². The number of carbonyl (C=O) groups is 1. The van der Waals surface area contributed by atoms with Crippen LogP contribution in [0.3, 0.4) is 0 Å². The molecule has 0 unspecified atom stereocenters. The second kappa shape index (κ2) is 7.06. The summed E-state index contributed by atoms with van der Waals surface area (Å²) < 4.78 is 17.2. The molecule has 140 valence electrons. The zero-order valence-corrected chi connectivity index (χ0v) is 14.8. The zero-order chi connectivity index (χ0) is 18.8. The highest BCUT2D eigenvalue weighted by Gasteiger charge is 2.26. The molecular formula is C19H19N3O5. The van der Waals surface area contributed by atoms with Crippen molar-refractivity contribution in [2.24, 2.45) is 0 Å². The molecule has 1 fully saturated rings. The maximum absolute atomic E-state index is 12.0. The van der Waals surface area contributed by atoms with Crippen LogP contribution in [0.5, 0.6) is 5.75 Å². The number of nitrogens with zero attached hydrogens (tertiary/aromatic N) is 2. The summed E-state index contributed by atoms with van der Waals surface area (Å²) in [6, 6.07) is 12.8. The summed E-state index contributed by atoms with van der Waals surface area (Å²) in [5.41, 5.74) is 2.79.